The van der Waals surface area contributed by atoms with E-state index in [1.165, 1.54) is 0 Å². The molecule has 22 heavy (non-hydrogen) atoms. The van der Waals surface area contributed by atoms with Gasteiger partial charge in [0.1, 0.15) is 17.6 Å². The van der Waals surface area contributed by atoms with Crippen molar-refractivity contribution in [3.8, 4) is 11.5 Å². The summed E-state index contributed by atoms with van der Waals surface area (Å²) in [6, 6.07) is 17.6. The number of rotatable bonds is 8. The lowest BCUT2D eigenvalue weighted by Gasteiger charge is -2.28. The molecule has 4 heteroatoms. The van der Waals surface area contributed by atoms with Crippen molar-refractivity contribution in [2.24, 2.45) is 0 Å². The van der Waals surface area contributed by atoms with E-state index in [1.54, 1.807) is 14.2 Å². The van der Waals surface area contributed by atoms with E-state index in [2.05, 4.69) is 5.32 Å². The number of methoxy groups -OCH3 is 2. The molecular formula is C18H23NO3. The van der Waals surface area contributed by atoms with Crippen LogP contribution >= 0.6 is 0 Å². The third kappa shape index (κ3) is 4.00. The van der Waals surface area contributed by atoms with Gasteiger partial charge in [-0.25, -0.2) is 0 Å². The minimum absolute atomic E-state index is 0.137. The van der Waals surface area contributed by atoms with Gasteiger partial charge in [0, 0.05) is 19.2 Å². The number of ether oxygens (including phenoxy) is 3. The van der Waals surface area contributed by atoms with Crippen molar-refractivity contribution in [1.29, 1.82) is 0 Å². The molecule has 118 valence electrons. The lowest BCUT2D eigenvalue weighted by Crippen LogP contribution is -2.34. The molecule has 0 amide bonds. The number of hydrogen-bond acceptors (Lipinski definition) is 4. The van der Waals surface area contributed by atoms with Crippen molar-refractivity contribution in [2.45, 2.75) is 12.2 Å². The predicted octanol–water partition coefficient (Wildman–Crippen LogP) is 3.05. The highest BCUT2D eigenvalue weighted by molar-refractivity contribution is 5.37. The van der Waals surface area contributed by atoms with Gasteiger partial charge in [0.05, 0.1) is 7.11 Å². The average molecular weight is 301 g/mol. The summed E-state index contributed by atoms with van der Waals surface area (Å²) in [6.45, 7) is 0.673. The van der Waals surface area contributed by atoms with Gasteiger partial charge in [-0.05, 0) is 25.2 Å². The van der Waals surface area contributed by atoms with Gasteiger partial charge in [0.2, 0.25) is 0 Å². The van der Waals surface area contributed by atoms with Crippen LogP contribution in [0.5, 0.6) is 11.5 Å². The Morgan fingerprint density at radius 2 is 1.64 bits per heavy atom. The van der Waals surface area contributed by atoms with E-state index in [-0.39, 0.29) is 12.2 Å². The fraction of sp³-hybridized carbons (Fsp3) is 0.333. The van der Waals surface area contributed by atoms with Gasteiger partial charge < -0.3 is 19.5 Å². The highest BCUT2D eigenvalue weighted by Crippen LogP contribution is 2.32. The Morgan fingerprint density at radius 3 is 2.27 bits per heavy atom. The van der Waals surface area contributed by atoms with Crippen LogP contribution in [0.25, 0.3) is 0 Å². The van der Waals surface area contributed by atoms with Crippen molar-refractivity contribution >= 4 is 0 Å². The Labute approximate surface area is 132 Å². The Bertz CT molecular complexity index is 559. The van der Waals surface area contributed by atoms with Crippen molar-refractivity contribution in [3.05, 3.63) is 60.2 Å². The van der Waals surface area contributed by atoms with Crippen LogP contribution in [0.15, 0.2) is 54.6 Å². The third-order valence-corrected chi connectivity index (χ3v) is 3.50. The molecular weight excluding hydrogens is 278 g/mol. The fourth-order valence-corrected chi connectivity index (χ4v) is 2.40. The summed E-state index contributed by atoms with van der Waals surface area (Å²) in [6.07, 6.45) is -0.405. The molecule has 0 spiro atoms. The van der Waals surface area contributed by atoms with Crippen LogP contribution in [0, 0.1) is 0 Å². The molecule has 0 saturated heterocycles. The number of likely N-dealkylation sites (N-methyl/N-ethyl adjacent to an activating group) is 1. The third-order valence-electron chi connectivity index (χ3n) is 3.50. The van der Waals surface area contributed by atoms with Gasteiger partial charge in [-0.2, -0.15) is 0 Å². The second-order valence-electron chi connectivity index (χ2n) is 4.93. The number of nitrogens with one attached hydrogen (secondary N) is 1. The molecule has 0 aromatic heterocycles. The molecule has 2 unspecified atom stereocenters. The number of benzene rings is 2. The molecule has 0 aliphatic carbocycles. The van der Waals surface area contributed by atoms with Crippen molar-refractivity contribution in [2.75, 3.05) is 27.8 Å². The molecule has 1 N–H and O–H groups in total. The summed E-state index contributed by atoms with van der Waals surface area (Å²) in [5.41, 5.74) is 0.968. The zero-order valence-electron chi connectivity index (χ0n) is 13.3. The molecule has 4 nitrogen and oxygen atoms in total. The van der Waals surface area contributed by atoms with Crippen molar-refractivity contribution in [3.63, 3.8) is 0 Å². The Kier molecular flexibility index (Phi) is 6.25. The minimum Gasteiger partial charge on any atom is -0.496 e. The lowest BCUT2D eigenvalue weighted by atomic mass is 10.0. The Balaban J connectivity index is 2.35. The van der Waals surface area contributed by atoms with E-state index in [0.717, 1.165) is 17.1 Å². The molecule has 2 atom stereocenters. The topological polar surface area (TPSA) is 39.7 Å². The van der Waals surface area contributed by atoms with Crippen LogP contribution in [0.2, 0.25) is 0 Å². The first-order chi connectivity index (χ1) is 10.8. The monoisotopic (exact) mass is 301 g/mol. The largest absolute Gasteiger partial charge is 0.496 e. The van der Waals surface area contributed by atoms with Gasteiger partial charge in [0.25, 0.3) is 0 Å². The van der Waals surface area contributed by atoms with Crippen LogP contribution in [-0.2, 0) is 4.74 Å². The lowest BCUT2D eigenvalue weighted by molar-refractivity contribution is 0.00160. The van der Waals surface area contributed by atoms with Crippen LogP contribution in [0.4, 0.5) is 0 Å². The molecule has 0 aliphatic rings. The first-order valence-electron chi connectivity index (χ1n) is 7.32. The maximum atomic E-state index is 6.20. The summed E-state index contributed by atoms with van der Waals surface area (Å²) in [5, 5.41) is 3.15. The minimum atomic E-state index is -0.268. The van der Waals surface area contributed by atoms with Crippen LogP contribution in [-0.4, -0.2) is 33.9 Å². The quantitative estimate of drug-likeness (QED) is 0.813. The van der Waals surface area contributed by atoms with E-state index in [4.69, 9.17) is 14.2 Å². The first-order valence-corrected chi connectivity index (χ1v) is 7.32. The van der Waals surface area contributed by atoms with E-state index in [1.807, 2.05) is 61.6 Å². The SMILES string of the molecule is CNCC(OC)C(Oc1ccccc1)c1ccccc1OC. The summed E-state index contributed by atoms with van der Waals surface area (Å²) in [5.74, 6) is 1.60. The highest BCUT2D eigenvalue weighted by Gasteiger charge is 2.27. The standard InChI is InChI=1S/C18H23NO3/c1-19-13-17(21-3)18(22-14-9-5-4-6-10-14)15-11-7-8-12-16(15)20-2/h4-12,17-19H,13H2,1-3H3. The molecule has 0 radical (unpaired) electrons. The van der Waals surface area contributed by atoms with Crippen LogP contribution in [0.3, 0.4) is 0 Å². The average Bonchev–Trinajstić information content (AvgIpc) is 2.59. The summed E-state index contributed by atoms with van der Waals surface area (Å²) >= 11 is 0. The molecule has 2 rings (SSSR count). The highest BCUT2D eigenvalue weighted by atomic mass is 16.5. The molecule has 0 fully saturated rings. The van der Waals surface area contributed by atoms with E-state index < -0.39 is 0 Å². The van der Waals surface area contributed by atoms with E-state index in [9.17, 15) is 0 Å². The molecule has 2 aromatic rings. The maximum absolute atomic E-state index is 6.20. The molecule has 0 bridgehead atoms. The summed E-state index contributed by atoms with van der Waals surface area (Å²) in [4.78, 5) is 0. The zero-order valence-corrected chi connectivity index (χ0v) is 13.3. The number of hydrogen-bond donors (Lipinski definition) is 1. The first kappa shape index (κ1) is 16.3. The summed E-state index contributed by atoms with van der Waals surface area (Å²) < 4.78 is 17.3. The maximum Gasteiger partial charge on any atom is 0.155 e. The van der Waals surface area contributed by atoms with Crippen molar-refractivity contribution in [1.82, 2.24) is 5.32 Å². The Hall–Kier alpha value is -2.04. The van der Waals surface area contributed by atoms with Gasteiger partial charge in [-0.1, -0.05) is 36.4 Å². The molecule has 0 aliphatic heterocycles. The van der Waals surface area contributed by atoms with Crippen LogP contribution < -0.4 is 14.8 Å². The number of para-hydroxylation sites is 2. The fourth-order valence-electron chi connectivity index (χ4n) is 2.40. The van der Waals surface area contributed by atoms with E-state index >= 15 is 0 Å². The molecule has 2 aromatic carbocycles. The van der Waals surface area contributed by atoms with Gasteiger partial charge in [-0.15, -0.1) is 0 Å². The van der Waals surface area contributed by atoms with Gasteiger partial charge in [-0.3, -0.25) is 0 Å². The molecule has 0 saturated carbocycles. The smallest absolute Gasteiger partial charge is 0.155 e. The summed E-state index contributed by atoms with van der Waals surface area (Å²) in [7, 11) is 5.25. The van der Waals surface area contributed by atoms with Crippen LogP contribution in [0.1, 0.15) is 11.7 Å². The van der Waals surface area contributed by atoms with Gasteiger partial charge in [0.15, 0.2) is 6.10 Å². The molecule has 0 heterocycles. The van der Waals surface area contributed by atoms with E-state index in [0.29, 0.717) is 6.54 Å². The van der Waals surface area contributed by atoms with Gasteiger partial charge >= 0.3 is 0 Å². The Morgan fingerprint density at radius 1 is 0.955 bits per heavy atom. The normalized spacial score (nSPS) is 13.4. The predicted molar refractivity (Wildman–Crippen MR) is 87.5 cm³/mol. The second kappa shape index (κ2) is 8.41. The zero-order chi connectivity index (χ0) is 15.8. The van der Waals surface area contributed by atoms with Crippen molar-refractivity contribution < 1.29 is 14.2 Å². The second-order valence-corrected chi connectivity index (χ2v) is 4.93.